The first kappa shape index (κ1) is 16.0. The van der Waals surface area contributed by atoms with Gasteiger partial charge in [0.25, 0.3) is 0 Å². The van der Waals surface area contributed by atoms with Gasteiger partial charge in [-0.3, -0.25) is 9.59 Å². The summed E-state index contributed by atoms with van der Waals surface area (Å²) in [5, 5.41) is 3.05. The van der Waals surface area contributed by atoms with Gasteiger partial charge in [-0.05, 0) is 74.3 Å². The quantitative estimate of drug-likeness (QED) is 0.854. The highest BCUT2D eigenvalue weighted by Gasteiger charge is 2.54. The molecule has 4 heteroatoms. The number of ether oxygens (including phenoxy) is 1. The zero-order chi connectivity index (χ0) is 16.8. The molecule has 3 rings (SSSR count). The number of Topliss-reactive ketones (excluding diaryl/α,β-unsaturated/α-hetero) is 1. The third-order valence-electron chi connectivity index (χ3n) is 5.58. The van der Waals surface area contributed by atoms with Gasteiger partial charge in [0.2, 0.25) is 5.91 Å². The van der Waals surface area contributed by atoms with Crippen LogP contribution in [-0.2, 0) is 9.59 Å². The summed E-state index contributed by atoms with van der Waals surface area (Å²) in [6.45, 7) is 6.10. The van der Waals surface area contributed by atoms with E-state index in [-0.39, 0.29) is 11.7 Å². The fourth-order valence-electron chi connectivity index (χ4n) is 4.16. The molecule has 2 aliphatic rings. The van der Waals surface area contributed by atoms with Crippen LogP contribution in [0.15, 0.2) is 12.1 Å². The summed E-state index contributed by atoms with van der Waals surface area (Å²) in [6.07, 6.45) is 3.53. The van der Waals surface area contributed by atoms with Crippen molar-refractivity contribution in [3.8, 4) is 5.75 Å². The highest BCUT2D eigenvalue weighted by Crippen LogP contribution is 2.42. The average Bonchev–Trinajstić information content (AvgIpc) is 2.74. The van der Waals surface area contributed by atoms with Crippen LogP contribution in [0.3, 0.4) is 0 Å². The number of nitrogens with one attached hydrogen (secondary N) is 1. The van der Waals surface area contributed by atoms with E-state index in [0.29, 0.717) is 5.92 Å². The summed E-state index contributed by atoms with van der Waals surface area (Å²) in [4.78, 5) is 25.8. The van der Waals surface area contributed by atoms with Gasteiger partial charge < -0.3 is 10.1 Å². The fraction of sp³-hybridized carbons (Fsp3) is 0.579. The lowest BCUT2D eigenvalue weighted by atomic mass is 9.73. The number of carbonyl (C=O) groups is 2. The predicted octanol–water partition coefficient (Wildman–Crippen LogP) is 3.04. The van der Waals surface area contributed by atoms with Gasteiger partial charge in [0.1, 0.15) is 11.7 Å². The van der Waals surface area contributed by atoms with Crippen molar-refractivity contribution in [1.29, 1.82) is 0 Å². The number of methoxy groups -OCH3 is 1. The van der Waals surface area contributed by atoms with E-state index in [2.05, 4.69) is 12.2 Å². The third kappa shape index (κ3) is 2.54. The Morgan fingerprint density at radius 3 is 2.22 bits per heavy atom. The number of rotatable bonds is 2. The minimum absolute atomic E-state index is 0.0609. The van der Waals surface area contributed by atoms with Gasteiger partial charge in [0, 0.05) is 0 Å². The largest absolute Gasteiger partial charge is 0.497 e. The van der Waals surface area contributed by atoms with Gasteiger partial charge in [-0.2, -0.15) is 0 Å². The molecule has 1 heterocycles. The second-order valence-corrected chi connectivity index (χ2v) is 7.23. The number of aryl methyl sites for hydroxylation is 2. The van der Waals surface area contributed by atoms with Crippen LogP contribution in [0.5, 0.6) is 5.75 Å². The smallest absolute Gasteiger partial charge is 0.235 e. The molecule has 0 bridgehead atoms. The Labute approximate surface area is 137 Å². The molecule has 0 aromatic heterocycles. The number of benzene rings is 1. The normalized spacial score (nSPS) is 30.6. The maximum atomic E-state index is 13.1. The van der Waals surface area contributed by atoms with E-state index in [1.54, 1.807) is 7.11 Å². The first-order chi connectivity index (χ1) is 10.9. The molecular weight excluding hydrogens is 290 g/mol. The Morgan fingerprint density at radius 1 is 1.13 bits per heavy atom. The molecule has 1 saturated carbocycles. The van der Waals surface area contributed by atoms with Crippen LogP contribution < -0.4 is 10.1 Å². The Morgan fingerprint density at radius 2 is 1.70 bits per heavy atom. The van der Waals surface area contributed by atoms with Crippen molar-refractivity contribution in [2.75, 3.05) is 7.11 Å². The standard InChI is InChI=1S/C19H25NO3/c1-11-5-7-19(8-6-11)17(21)16(18(22)20-19)15-12(2)9-14(23-4)10-13(15)3/h9-11,16H,5-8H2,1-4H3,(H,20,22). The molecule has 1 spiro atoms. The lowest BCUT2D eigenvalue weighted by Gasteiger charge is -2.34. The van der Waals surface area contributed by atoms with Crippen molar-refractivity contribution in [3.05, 3.63) is 28.8 Å². The van der Waals surface area contributed by atoms with Crippen LogP contribution in [0.2, 0.25) is 0 Å². The van der Waals surface area contributed by atoms with Crippen LogP contribution in [0.1, 0.15) is 55.2 Å². The molecule has 1 amide bonds. The minimum atomic E-state index is -0.672. The van der Waals surface area contributed by atoms with E-state index in [1.807, 2.05) is 26.0 Å². The molecule has 1 aliphatic heterocycles. The maximum Gasteiger partial charge on any atom is 0.235 e. The van der Waals surface area contributed by atoms with E-state index < -0.39 is 11.5 Å². The summed E-state index contributed by atoms with van der Waals surface area (Å²) in [7, 11) is 1.62. The van der Waals surface area contributed by atoms with Crippen LogP contribution >= 0.6 is 0 Å². The molecule has 1 aromatic rings. The molecular formula is C19H25NO3. The third-order valence-corrected chi connectivity index (χ3v) is 5.58. The first-order valence-corrected chi connectivity index (χ1v) is 8.39. The van der Waals surface area contributed by atoms with Crippen molar-refractivity contribution in [1.82, 2.24) is 5.32 Å². The van der Waals surface area contributed by atoms with E-state index in [9.17, 15) is 9.59 Å². The van der Waals surface area contributed by atoms with Crippen molar-refractivity contribution < 1.29 is 14.3 Å². The van der Waals surface area contributed by atoms with Gasteiger partial charge in [-0.15, -0.1) is 0 Å². The second kappa shape index (κ2) is 5.66. The van der Waals surface area contributed by atoms with Crippen LogP contribution in [-0.4, -0.2) is 24.3 Å². The molecule has 4 nitrogen and oxygen atoms in total. The molecule has 23 heavy (non-hydrogen) atoms. The lowest BCUT2D eigenvalue weighted by molar-refractivity contribution is -0.126. The fourth-order valence-corrected chi connectivity index (χ4v) is 4.16. The topological polar surface area (TPSA) is 55.4 Å². The van der Waals surface area contributed by atoms with Gasteiger partial charge in [-0.25, -0.2) is 0 Å². The summed E-state index contributed by atoms with van der Waals surface area (Å²) < 4.78 is 5.28. The number of hydrogen-bond acceptors (Lipinski definition) is 3. The Kier molecular flexibility index (Phi) is 3.95. The van der Waals surface area contributed by atoms with Crippen molar-refractivity contribution in [2.24, 2.45) is 5.92 Å². The van der Waals surface area contributed by atoms with Gasteiger partial charge in [0.05, 0.1) is 12.6 Å². The Hall–Kier alpha value is -1.84. The second-order valence-electron chi connectivity index (χ2n) is 7.23. The van der Waals surface area contributed by atoms with E-state index in [4.69, 9.17) is 4.74 Å². The molecule has 1 aliphatic carbocycles. The Bertz CT molecular complexity index is 634. The highest BCUT2D eigenvalue weighted by molar-refractivity contribution is 6.17. The monoisotopic (exact) mass is 315 g/mol. The SMILES string of the molecule is COc1cc(C)c(C2C(=O)NC3(CCC(C)CC3)C2=O)c(C)c1. The summed E-state index contributed by atoms with van der Waals surface area (Å²) in [5.74, 6) is 0.644. The number of amides is 1. The van der Waals surface area contributed by atoms with E-state index >= 15 is 0 Å². The van der Waals surface area contributed by atoms with Crippen LogP contribution in [0.4, 0.5) is 0 Å². The zero-order valence-corrected chi connectivity index (χ0v) is 14.4. The molecule has 2 fully saturated rings. The van der Waals surface area contributed by atoms with Gasteiger partial charge in [0.15, 0.2) is 5.78 Å². The molecule has 1 N–H and O–H groups in total. The summed E-state index contributed by atoms with van der Waals surface area (Å²) in [6, 6.07) is 3.80. The predicted molar refractivity (Wildman–Crippen MR) is 88.7 cm³/mol. The molecule has 1 aromatic carbocycles. The van der Waals surface area contributed by atoms with Crippen molar-refractivity contribution in [2.45, 2.75) is 57.9 Å². The molecule has 1 atom stereocenters. The zero-order valence-electron chi connectivity index (χ0n) is 14.4. The summed E-state index contributed by atoms with van der Waals surface area (Å²) >= 11 is 0. The van der Waals surface area contributed by atoms with Gasteiger partial charge in [-0.1, -0.05) is 6.92 Å². The number of hydrogen-bond donors (Lipinski definition) is 1. The first-order valence-electron chi connectivity index (χ1n) is 8.39. The van der Waals surface area contributed by atoms with Gasteiger partial charge >= 0.3 is 0 Å². The molecule has 1 saturated heterocycles. The number of ketones is 1. The maximum absolute atomic E-state index is 13.1. The average molecular weight is 315 g/mol. The van der Waals surface area contributed by atoms with E-state index in [1.165, 1.54) is 0 Å². The molecule has 1 unspecified atom stereocenters. The number of carbonyl (C=O) groups excluding carboxylic acids is 2. The Balaban J connectivity index is 1.98. The summed E-state index contributed by atoms with van der Waals surface area (Å²) in [5.41, 5.74) is 2.10. The van der Waals surface area contributed by atoms with Crippen molar-refractivity contribution >= 4 is 11.7 Å². The van der Waals surface area contributed by atoms with Crippen LogP contribution in [0, 0.1) is 19.8 Å². The van der Waals surface area contributed by atoms with Crippen LogP contribution in [0.25, 0.3) is 0 Å². The highest BCUT2D eigenvalue weighted by atomic mass is 16.5. The molecule has 0 radical (unpaired) electrons. The lowest BCUT2D eigenvalue weighted by Crippen LogP contribution is -2.49. The molecule has 124 valence electrons. The minimum Gasteiger partial charge on any atom is -0.497 e. The van der Waals surface area contributed by atoms with Crippen molar-refractivity contribution in [3.63, 3.8) is 0 Å². The van der Waals surface area contributed by atoms with E-state index in [0.717, 1.165) is 48.1 Å².